The second-order valence-electron chi connectivity index (χ2n) is 12.8. The highest BCUT2D eigenvalue weighted by atomic mass is 16.6. The molecule has 0 aliphatic heterocycles. The molecule has 17 heteroatoms. The first-order valence-electron chi connectivity index (χ1n) is 19.9. The number of carbonyl (C=O) groups is 2. The molecule has 0 saturated carbocycles. The van der Waals surface area contributed by atoms with Gasteiger partial charge in [-0.25, -0.2) is 4.79 Å². The van der Waals surface area contributed by atoms with E-state index in [0.29, 0.717) is 172 Å². The van der Waals surface area contributed by atoms with E-state index in [2.05, 4.69) is 12.2 Å². The quantitative estimate of drug-likeness (QED) is 0.0702. The van der Waals surface area contributed by atoms with Crippen LogP contribution in [0, 0.1) is 0 Å². The van der Waals surface area contributed by atoms with Crippen molar-refractivity contribution in [2.24, 2.45) is 0 Å². The Morgan fingerprint density at radius 1 is 0.400 bits per heavy atom. The number of esters is 1. The van der Waals surface area contributed by atoms with Gasteiger partial charge < -0.3 is 71.6 Å². The number of alkyl carbamates (subject to hydrolysis) is 1. The summed E-state index contributed by atoms with van der Waals surface area (Å²) in [5, 5.41) is 2.63. The Kier molecular flexibility index (Phi) is 42.0. The lowest BCUT2D eigenvalue weighted by atomic mass is 10.2. The zero-order valence-corrected chi connectivity index (χ0v) is 34.5. The van der Waals surface area contributed by atoms with E-state index in [0.717, 1.165) is 25.7 Å². The van der Waals surface area contributed by atoms with Crippen LogP contribution >= 0.6 is 0 Å². The van der Waals surface area contributed by atoms with E-state index in [-0.39, 0.29) is 12.6 Å². The molecular formula is C38H75NO16. The summed E-state index contributed by atoms with van der Waals surface area (Å²) in [7, 11) is 0. The van der Waals surface area contributed by atoms with Crippen LogP contribution in [0.5, 0.6) is 0 Å². The van der Waals surface area contributed by atoms with Crippen LogP contribution in [-0.4, -0.2) is 189 Å². The third-order valence-electron chi connectivity index (χ3n) is 6.73. The van der Waals surface area contributed by atoms with E-state index in [1.54, 1.807) is 0 Å². The molecule has 1 N–H and O–H groups in total. The number of ether oxygens (including phenoxy) is 14. The van der Waals surface area contributed by atoms with Crippen molar-refractivity contribution < 1.29 is 75.9 Å². The lowest BCUT2D eigenvalue weighted by molar-refractivity contribution is -0.145. The Morgan fingerprint density at radius 2 is 0.691 bits per heavy atom. The van der Waals surface area contributed by atoms with Crippen molar-refractivity contribution in [2.45, 2.75) is 65.4 Å². The maximum Gasteiger partial charge on any atom is 0.407 e. The third kappa shape index (κ3) is 48.3. The Morgan fingerprint density at radius 3 is 0.982 bits per heavy atom. The summed E-state index contributed by atoms with van der Waals surface area (Å²) >= 11 is 0. The zero-order valence-electron chi connectivity index (χ0n) is 34.5. The van der Waals surface area contributed by atoms with Crippen LogP contribution in [0.3, 0.4) is 0 Å². The summed E-state index contributed by atoms with van der Waals surface area (Å²) in [6.45, 7) is 19.5. The van der Waals surface area contributed by atoms with Gasteiger partial charge in [0.2, 0.25) is 0 Å². The first-order chi connectivity index (χ1) is 26.8. The number of nitrogens with one attached hydrogen (secondary N) is 1. The maximum absolute atomic E-state index is 11.6. The molecule has 328 valence electrons. The van der Waals surface area contributed by atoms with Gasteiger partial charge in [0.15, 0.2) is 0 Å². The van der Waals surface area contributed by atoms with E-state index in [1.165, 1.54) is 0 Å². The van der Waals surface area contributed by atoms with Gasteiger partial charge in [0.05, 0.1) is 159 Å². The van der Waals surface area contributed by atoms with Crippen molar-refractivity contribution in [1.82, 2.24) is 5.32 Å². The zero-order chi connectivity index (χ0) is 40.2. The second kappa shape index (κ2) is 43.4. The molecule has 0 aromatic rings. The standard InChI is InChI=1S/C38H75NO16/c1-5-6-7-8-9-36(40)54-35-34-53-33-32-52-31-30-51-29-28-50-27-26-49-25-24-48-23-22-47-21-20-46-19-18-45-17-16-44-15-14-43-13-12-42-11-10-39-37(41)55-38(2,3)4/h5-35H2,1-4H3,(H,39,41). The molecule has 0 aromatic carbocycles. The highest BCUT2D eigenvalue weighted by Gasteiger charge is 2.15. The fourth-order valence-corrected chi connectivity index (χ4v) is 4.04. The molecule has 0 spiro atoms. The van der Waals surface area contributed by atoms with Crippen molar-refractivity contribution in [2.75, 3.05) is 172 Å². The highest BCUT2D eigenvalue weighted by Crippen LogP contribution is 2.06. The molecule has 1 amide bonds. The molecule has 0 aliphatic rings. The van der Waals surface area contributed by atoms with E-state index in [1.807, 2.05) is 20.8 Å². The number of amides is 1. The van der Waals surface area contributed by atoms with Gasteiger partial charge in [0.1, 0.15) is 12.2 Å². The number of hydrogen-bond donors (Lipinski definition) is 1. The normalized spacial score (nSPS) is 11.6. The summed E-state index contributed by atoms with van der Waals surface area (Å²) in [5.74, 6) is -0.157. The summed E-state index contributed by atoms with van der Waals surface area (Å²) in [5.41, 5.74) is -0.516. The lowest BCUT2D eigenvalue weighted by Crippen LogP contribution is -2.34. The largest absolute Gasteiger partial charge is 0.463 e. The lowest BCUT2D eigenvalue weighted by Gasteiger charge is -2.19. The number of rotatable bonds is 44. The van der Waals surface area contributed by atoms with E-state index in [9.17, 15) is 9.59 Å². The van der Waals surface area contributed by atoms with Crippen LogP contribution in [0.15, 0.2) is 0 Å². The topological polar surface area (TPSA) is 175 Å². The van der Waals surface area contributed by atoms with Gasteiger partial charge in [-0.3, -0.25) is 4.79 Å². The number of unbranched alkanes of at least 4 members (excludes halogenated alkanes) is 3. The minimum absolute atomic E-state index is 0.157. The molecule has 17 nitrogen and oxygen atoms in total. The fraction of sp³-hybridized carbons (Fsp3) is 0.947. The van der Waals surface area contributed by atoms with Crippen LogP contribution in [0.4, 0.5) is 4.79 Å². The van der Waals surface area contributed by atoms with Gasteiger partial charge in [-0.2, -0.15) is 0 Å². The van der Waals surface area contributed by atoms with Crippen molar-refractivity contribution in [3.63, 3.8) is 0 Å². The van der Waals surface area contributed by atoms with Gasteiger partial charge in [0, 0.05) is 13.0 Å². The molecule has 0 bridgehead atoms. The van der Waals surface area contributed by atoms with E-state index in [4.69, 9.17) is 66.3 Å². The molecule has 0 unspecified atom stereocenters. The van der Waals surface area contributed by atoms with E-state index >= 15 is 0 Å². The minimum Gasteiger partial charge on any atom is -0.463 e. The molecule has 0 aliphatic carbocycles. The average molecular weight is 802 g/mol. The molecule has 55 heavy (non-hydrogen) atoms. The molecule has 0 saturated heterocycles. The predicted octanol–water partition coefficient (Wildman–Crippen LogP) is 3.22. The average Bonchev–Trinajstić information content (AvgIpc) is 3.15. The van der Waals surface area contributed by atoms with Crippen molar-refractivity contribution in [3.05, 3.63) is 0 Å². The van der Waals surface area contributed by atoms with E-state index < -0.39 is 11.7 Å². The van der Waals surface area contributed by atoms with Gasteiger partial charge in [-0.05, 0) is 27.2 Å². The molecule has 0 fully saturated rings. The van der Waals surface area contributed by atoms with Gasteiger partial charge in [-0.1, -0.05) is 26.2 Å². The second-order valence-corrected chi connectivity index (χ2v) is 12.8. The van der Waals surface area contributed by atoms with Gasteiger partial charge in [0.25, 0.3) is 0 Å². The first kappa shape index (κ1) is 53.3. The predicted molar refractivity (Wildman–Crippen MR) is 204 cm³/mol. The Labute approximate surface area is 330 Å². The molecule has 0 rings (SSSR count). The monoisotopic (exact) mass is 802 g/mol. The molecule has 0 atom stereocenters. The van der Waals surface area contributed by atoms with Crippen molar-refractivity contribution in [3.8, 4) is 0 Å². The molecule has 0 aromatic heterocycles. The van der Waals surface area contributed by atoms with Crippen LogP contribution in [0.25, 0.3) is 0 Å². The molecule has 0 heterocycles. The third-order valence-corrected chi connectivity index (χ3v) is 6.73. The minimum atomic E-state index is -0.516. The van der Waals surface area contributed by atoms with Crippen molar-refractivity contribution >= 4 is 12.1 Å². The maximum atomic E-state index is 11.6. The van der Waals surface area contributed by atoms with Crippen LogP contribution in [0.2, 0.25) is 0 Å². The summed E-state index contributed by atoms with van der Waals surface area (Å²) in [6, 6.07) is 0. The van der Waals surface area contributed by atoms with Crippen LogP contribution in [-0.2, 0) is 71.1 Å². The smallest absolute Gasteiger partial charge is 0.407 e. The molecule has 0 radical (unpaired) electrons. The SMILES string of the molecule is CCCCCCC(=O)OCCOCCOCCOCCOCCOCCOCCOCCOCCOCCOCCOCCOCCNC(=O)OC(C)(C)C. The molecular weight excluding hydrogens is 726 g/mol. The van der Waals surface area contributed by atoms with Gasteiger partial charge in [-0.15, -0.1) is 0 Å². The van der Waals surface area contributed by atoms with Gasteiger partial charge >= 0.3 is 12.1 Å². The number of carbonyl (C=O) groups excluding carboxylic acids is 2. The summed E-state index contributed by atoms with van der Waals surface area (Å²) in [6.07, 6.45) is 4.28. The Bertz CT molecular complexity index is 805. The summed E-state index contributed by atoms with van der Waals surface area (Å²) < 4.78 is 75.8. The highest BCUT2D eigenvalue weighted by molar-refractivity contribution is 5.69. The Hall–Kier alpha value is -1.74. The number of hydrogen-bond acceptors (Lipinski definition) is 16. The Balaban J connectivity index is 3.12. The van der Waals surface area contributed by atoms with Crippen LogP contribution < -0.4 is 5.32 Å². The van der Waals surface area contributed by atoms with Crippen LogP contribution in [0.1, 0.15) is 59.8 Å². The van der Waals surface area contributed by atoms with Crippen molar-refractivity contribution in [1.29, 1.82) is 0 Å². The summed E-state index contributed by atoms with van der Waals surface area (Å²) in [4.78, 5) is 23.1. The fourth-order valence-electron chi connectivity index (χ4n) is 4.04. The first-order valence-corrected chi connectivity index (χ1v) is 19.9.